The van der Waals surface area contributed by atoms with Gasteiger partial charge in [-0.05, 0) is 30.4 Å². The fourth-order valence-corrected chi connectivity index (χ4v) is 2.82. The molecule has 0 saturated carbocycles. The van der Waals surface area contributed by atoms with Gasteiger partial charge in [0.1, 0.15) is 25.3 Å². The number of rotatable bonds is 10. The monoisotopic (exact) mass is 426 g/mol. The van der Waals surface area contributed by atoms with Crippen molar-refractivity contribution in [1.82, 2.24) is 10.6 Å². The maximum atomic E-state index is 12.5. The minimum absolute atomic E-state index is 0.1000. The van der Waals surface area contributed by atoms with E-state index < -0.39 is 30.1 Å². The number of amides is 2. The summed E-state index contributed by atoms with van der Waals surface area (Å²) >= 11 is 0. The molecule has 0 aromatic heterocycles. The summed E-state index contributed by atoms with van der Waals surface area (Å²) in [4.78, 5) is 37.1. The van der Waals surface area contributed by atoms with Gasteiger partial charge in [-0.2, -0.15) is 0 Å². The molecule has 0 aliphatic carbocycles. The van der Waals surface area contributed by atoms with Crippen LogP contribution in [0, 0.1) is 5.92 Å². The lowest BCUT2D eigenvalue weighted by Crippen LogP contribution is -2.51. The van der Waals surface area contributed by atoms with Crippen LogP contribution in [0.5, 0.6) is 0 Å². The van der Waals surface area contributed by atoms with Gasteiger partial charge < -0.3 is 20.1 Å². The van der Waals surface area contributed by atoms with E-state index in [0.717, 1.165) is 11.1 Å². The number of alkyl carbamates (subject to hydrolysis) is 1. The number of benzene rings is 2. The molecule has 0 heterocycles. The second kappa shape index (κ2) is 12.4. The third kappa shape index (κ3) is 8.90. The minimum Gasteiger partial charge on any atom is -0.459 e. The number of carbonyl (C=O) groups excluding carboxylic acids is 3. The van der Waals surface area contributed by atoms with Crippen molar-refractivity contribution < 1.29 is 23.9 Å². The Kier molecular flexibility index (Phi) is 9.55. The summed E-state index contributed by atoms with van der Waals surface area (Å²) in [5.41, 5.74) is 1.70. The van der Waals surface area contributed by atoms with Gasteiger partial charge in [-0.1, -0.05) is 74.5 Å². The number of esters is 1. The second-order valence-electron chi connectivity index (χ2n) is 7.71. The smallest absolute Gasteiger partial charge is 0.408 e. The quantitative estimate of drug-likeness (QED) is 0.567. The van der Waals surface area contributed by atoms with Crippen molar-refractivity contribution in [2.45, 2.75) is 52.5 Å². The van der Waals surface area contributed by atoms with Crippen molar-refractivity contribution in [3.05, 3.63) is 71.8 Å². The zero-order valence-corrected chi connectivity index (χ0v) is 18.2. The van der Waals surface area contributed by atoms with E-state index in [0.29, 0.717) is 6.42 Å². The molecule has 7 nitrogen and oxygen atoms in total. The third-order valence-corrected chi connectivity index (χ3v) is 4.47. The fourth-order valence-electron chi connectivity index (χ4n) is 2.82. The van der Waals surface area contributed by atoms with Gasteiger partial charge in [-0.3, -0.25) is 4.79 Å². The Morgan fingerprint density at radius 2 is 1.29 bits per heavy atom. The van der Waals surface area contributed by atoms with Crippen molar-refractivity contribution in [3.63, 3.8) is 0 Å². The van der Waals surface area contributed by atoms with E-state index in [1.165, 1.54) is 6.92 Å². The molecular formula is C24H30N2O5. The molecule has 2 aromatic rings. The average molecular weight is 427 g/mol. The molecule has 0 bridgehead atoms. The van der Waals surface area contributed by atoms with Crippen molar-refractivity contribution >= 4 is 18.0 Å². The predicted octanol–water partition coefficient (Wildman–Crippen LogP) is 3.58. The van der Waals surface area contributed by atoms with Crippen LogP contribution in [0.1, 0.15) is 38.3 Å². The van der Waals surface area contributed by atoms with Crippen molar-refractivity contribution in [2.75, 3.05) is 0 Å². The standard InChI is InChI=1S/C24H30N2O5/c1-17(2)14-21(23(28)30-15-19-10-6-4-7-11-19)26-22(27)18(3)25-24(29)31-16-20-12-8-5-9-13-20/h4-13,17-18,21H,14-16H2,1-3H3,(H,25,29)(H,26,27)/t18-,21-/m0/s1. The van der Waals surface area contributed by atoms with E-state index in [-0.39, 0.29) is 19.1 Å². The summed E-state index contributed by atoms with van der Waals surface area (Å²) < 4.78 is 10.5. The molecule has 166 valence electrons. The highest BCUT2D eigenvalue weighted by Crippen LogP contribution is 2.09. The number of carbonyl (C=O) groups is 3. The van der Waals surface area contributed by atoms with Crippen LogP contribution in [0.25, 0.3) is 0 Å². The van der Waals surface area contributed by atoms with E-state index in [1.54, 1.807) is 0 Å². The van der Waals surface area contributed by atoms with Crippen LogP contribution in [-0.4, -0.2) is 30.1 Å². The predicted molar refractivity (Wildman–Crippen MR) is 117 cm³/mol. The minimum atomic E-state index is -0.875. The highest BCUT2D eigenvalue weighted by Gasteiger charge is 2.26. The maximum absolute atomic E-state index is 12.5. The van der Waals surface area contributed by atoms with Crippen LogP contribution in [0.4, 0.5) is 4.79 Å². The topological polar surface area (TPSA) is 93.7 Å². The molecule has 2 rings (SSSR count). The largest absolute Gasteiger partial charge is 0.459 e. The Bertz CT molecular complexity index is 840. The molecule has 0 saturated heterocycles. The van der Waals surface area contributed by atoms with Gasteiger partial charge in [0.25, 0.3) is 0 Å². The molecule has 2 atom stereocenters. The molecule has 0 spiro atoms. The molecule has 0 aliphatic heterocycles. The molecule has 0 unspecified atom stereocenters. The van der Waals surface area contributed by atoms with Gasteiger partial charge in [-0.25, -0.2) is 9.59 Å². The van der Waals surface area contributed by atoms with Gasteiger partial charge >= 0.3 is 12.1 Å². The molecule has 0 radical (unpaired) electrons. The lowest BCUT2D eigenvalue weighted by atomic mass is 10.0. The Morgan fingerprint density at radius 1 is 0.774 bits per heavy atom. The van der Waals surface area contributed by atoms with E-state index in [9.17, 15) is 14.4 Å². The summed E-state index contributed by atoms with van der Waals surface area (Å²) in [6, 6.07) is 16.9. The van der Waals surface area contributed by atoms with Crippen LogP contribution in [0.2, 0.25) is 0 Å². The van der Waals surface area contributed by atoms with E-state index in [2.05, 4.69) is 10.6 Å². The summed E-state index contributed by atoms with van der Waals surface area (Å²) in [6.07, 6.45) is -0.288. The zero-order chi connectivity index (χ0) is 22.6. The lowest BCUT2D eigenvalue weighted by molar-refractivity contribution is -0.149. The fraction of sp³-hybridized carbons (Fsp3) is 0.375. The molecule has 2 aromatic carbocycles. The van der Waals surface area contributed by atoms with Crippen LogP contribution >= 0.6 is 0 Å². The van der Waals surface area contributed by atoms with Crippen LogP contribution < -0.4 is 10.6 Å². The van der Waals surface area contributed by atoms with Gasteiger partial charge in [0.2, 0.25) is 5.91 Å². The summed E-state index contributed by atoms with van der Waals surface area (Å²) in [7, 11) is 0. The Morgan fingerprint density at radius 3 is 1.81 bits per heavy atom. The normalized spacial score (nSPS) is 12.5. The molecule has 31 heavy (non-hydrogen) atoms. The molecule has 0 aliphatic rings. The molecule has 7 heteroatoms. The Hall–Kier alpha value is -3.35. The van der Waals surface area contributed by atoms with Gasteiger partial charge in [-0.15, -0.1) is 0 Å². The van der Waals surface area contributed by atoms with Gasteiger partial charge in [0.15, 0.2) is 0 Å². The first kappa shape index (κ1) is 23.9. The van der Waals surface area contributed by atoms with Gasteiger partial charge in [0, 0.05) is 0 Å². The van der Waals surface area contributed by atoms with Crippen molar-refractivity contribution in [3.8, 4) is 0 Å². The first-order valence-corrected chi connectivity index (χ1v) is 10.3. The highest BCUT2D eigenvalue weighted by molar-refractivity contribution is 5.89. The van der Waals surface area contributed by atoms with E-state index >= 15 is 0 Å². The average Bonchev–Trinajstić information content (AvgIpc) is 2.76. The maximum Gasteiger partial charge on any atom is 0.408 e. The Balaban J connectivity index is 1.84. The summed E-state index contributed by atoms with van der Waals surface area (Å²) in [5.74, 6) is -0.836. The van der Waals surface area contributed by atoms with Gasteiger partial charge in [0.05, 0.1) is 0 Å². The summed E-state index contributed by atoms with van der Waals surface area (Å²) in [6.45, 7) is 5.66. The highest BCUT2D eigenvalue weighted by atomic mass is 16.5. The third-order valence-electron chi connectivity index (χ3n) is 4.47. The zero-order valence-electron chi connectivity index (χ0n) is 18.2. The van der Waals surface area contributed by atoms with E-state index in [1.807, 2.05) is 74.5 Å². The SMILES string of the molecule is CC(C)C[C@H](NC(=O)[C@H](C)NC(=O)OCc1ccccc1)C(=O)OCc1ccccc1. The van der Waals surface area contributed by atoms with E-state index in [4.69, 9.17) is 9.47 Å². The first-order chi connectivity index (χ1) is 14.8. The number of nitrogens with one attached hydrogen (secondary N) is 2. The lowest BCUT2D eigenvalue weighted by Gasteiger charge is -2.22. The second-order valence-corrected chi connectivity index (χ2v) is 7.71. The Labute approximate surface area is 183 Å². The number of ether oxygens (including phenoxy) is 2. The molecule has 2 amide bonds. The van der Waals surface area contributed by atoms with Crippen molar-refractivity contribution in [2.24, 2.45) is 5.92 Å². The number of hydrogen-bond donors (Lipinski definition) is 2. The van der Waals surface area contributed by atoms with Crippen molar-refractivity contribution in [1.29, 1.82) is 0 Å². The molecule has 0 fully saturated rings. The van der Waals surface area contributed by atoms with Crippen LogP contribution in [0.3, 0.4) is 0 Å². The first-order valence-electron chi connectivity index (χ1n) is 10.3. The van der Waals surface area contributed by atoms with Crippen LogP contribution in [0.15, 0.2) is 60.7 Å². The molecular weight excluding hydrogens is 396 g/mol. The summed E-state index contributed by atoms with van der Waals surface area (Å²) in [5, 5.41) is 5.16. The molecule has 2 N–H and O–H groups in total. The van der Waals surface area contributed by atoms with Crippen LogP contribution in [-0.2, 0) is 32.3 Å². The number of hydrogen-bond acceptors (Lipinski definition) is 5.